The van der Waals surface area contributed by atoms with E-state index in [1.165, 1.54) is 25.7 Å². The molecule has 0 amide bonds. The van der Waals surface area contributed by atoms with Gasteiger partial charge in [-0.3, -0.25) is 0 Å². The van der Waals surface area contributed by atoms with E-state index >= 15 is 0 Å². The Morgan fingerprint density at radius 2 is 2.06 bits per heavy atom. The fourth-order valence-corrected chi connectivity index (χ4v) is 4.04. The predicted octanol–water partition coefficient (Wildman–Crippen LogP) is 3.06. The molecule has 2 rings (SSSR count). The molecule has 2 aliphatic rings. The monoisotopic (exact) mass is 257 g/mol. The average Bonchev–Trinajstić information content (AvgIpc) is 2.75. The topological polar surface area (TPSA) is 21.3 Å². The van der Waals surface area contributed by atoms with Crippen molar-refractivity contribution in [2.75, 3.05) is 12.9 Å². The zero-order valence-electron chi connectivity index (χ0n) is 11.7. The first kappa shape index (κ1) is 13.7. The molecular weight excluding hydrogens is 230 g/mol. The Balaban J connectivity index is 1.78. The van der Waals surface area contributed by atoms with Gasteiger partial charge in [0.25, 0.3) is 0 Å². The van der Waals surface area contributed by atoms with E-state index in [1.807, 2.05) is 11.8 Å². The normalized spacial score (nSPS) is 40.2. The molecule has 0 aromatic carbocycles. The first-order chi connectivity index (χ1) is 8.07. The van der Waals surface area contributed by atoms with Gasteiger partial charge in [0.2, 0.25) is 0 Å². The maximum absolute atomic E-state index is 5.79. The van der Waals surface area contributed by atoms with Gasteiger partial charge in [0.1, 0.15) is 0 Å². The second-order valence-electron chi connectivity index (χ2n) is 6.09. The minimum atomic E-state index is 0.313. The van der Waals surface area contributed by atoms with Gasteiger partial charge in [-0.1, -0.05) is 13.8 Å². The maximum Gasteiger partial charge on any atom is 0.0655 e. The second kappa shape index (κ2) is 5.50. The number of hydrogen-bond donors (Lipinski definition) is 1. The molecule has 0 heterocycles. The minimum Gasteiger partial charge on any atom is -0.378 e. The number of hydrogen-bond acceptors (Lipinski definition) is 3. The molecule has 100 valence electrons. The zero-order chi connectivity index (χ0) is 12.5. The molecule has 0 saturated heterocycles. The van der Waals surface area contributed by atoms with Crippen molar-refractivity contribution in [2.24, 2.45) is 5.41 Å². The second-order valence-corrected chi connectivity index (χ2v) is 7.23. The van der Waals surface area contributed by atoms with Gasteiger partial charge in [0.05, 0.1) is 6.10 Å². The summed E-state index contributed by atoms with van der Waals surface area (Å²) in [5.74, 6) is 0. The van der Waals surface area contributed by atoms with E-state index in [0.717, 1.165) is 17.9 Å². The minimum absolute atomic E-state index is 0.313. The van der Waals surface area contributed by atoms with E-state index < -0.39 is 0 Å². The highest BCUT2D eigenvalue weighted by Crippen LogP contribution is 2.43. The lowest BCUT2D eigenvalue weighted by atomic mass is 9.64. The van der Waals surface area contributed by atoms with Crippen LogP contribution in [0.5, 0.6) is 0 Å². The quantitative estimate of drug-likeness (QED) is 0.818. The summed E-state index contributed by atoms with van der Waals surface area (Å²) in [6.07, 6.45) is 8.00. The van der Waals surface area contributed by atoms with Crippen molar-refractivity contribution in [1.82, 2.24) is 5.32 Å². The van der Waals surface area contributed by atoms with Crippen molar-refractivity contribution in [1.29, 1.82) is 0 Å². The van der Waals surface area contributed by atoms with E-state index in [9.17, 15) is 0 Å². The van der Waals surface area contributed by atoms with Crippen LogP contribution in [0.4, 0.5) is 0 Å². The lowest BCUT2D eigenvalue weighted by Gasteiger charge is -2.52. The number of rotatable bonds is 5. The fraction of sp³-hybridized carbons (Fsp3) is 1.00. The van der Waals surface area contributed by atoms with Gasteiger partial charge in [-0.2, -0.15) is 11.8 Å². The molecule has 0 spiro atoms. The Morgan fingerprint density at radius 1 is 1.29 bits per heavy atom. The van der Waals surface area contributed by atoms with E-state index in [4.69, 9.17) is 4.74 Å². The fourth-order valence-electron chi connectivity index (χ4n) is 3.24. The molecule has 3 heteroatoms. The Kier molecular flexibility index (Phi) is 4.43. The van der Waals surface area contributed by atoms with Crippen LogP contribution < -0.4 is 5.32 Å². The molecule has 0 radical (unpaired) electrons. The van der Waals surface area contributed by atoms with Gasteiger partial charge in [-0.05, 0) is 38.9 Å². The van der Waals surface area contributed by atoms with Gasteiger partial charge < -0.3 is 10.1 Å². The maximum atomic E-state index is 5.79. The summed E-state index contributed by atoms with van der Waals surface area (Å²) in [6.45, 7) is 7.63. The smallest absolute Gasteiger partial charge is 0.0655 e. The summed E-state index contributed by atoms with van der Waals surface area (Å²) < 4.78 is 5.79. The standard InChI is InChI=1S/C14H27NOS/c1-5-16-13-9-12(14(13,2)3)15-10-6-7-11(8-10)17-4/h10-13,15H,5-9H2,1-4H3. The summed E-state index contributed by atoms with van der Waals surface area (Å²) in [5.41, 5.74) is 0.313. The zero-order valence-corrected chi connectivity index (χ0v) is 12.5. The van der Waals surface area contributed by atoms with Crippen LogP contribution in [0.3, 0.4) is 0 Å². The summed E-state index contributed by atoms with van der Waals surface area (Å²) in [5, 5.41) is 4.75. The van der Waals surface area contributed by atoms with Crippen molar-refractivity contribution < 1.29 is 4.74 Å². The Morgan fingerprint density at radius 3 is 2.59 bits per heavy atom. The SMILES string of the molecule is CCOC1CC(NC2CCC(SC)C2)C1(C)C. The molecule has 0 aromatic heterocycles. The third-order valence-electron chi connectivity index (χ3n) is 4.70. The highest BCUT2D eigenvalue weighted by molar-refractivity contribution is 7.99. The number of thioether (sulfide) groups is 1. The summed E-state index contributed by atoms with van der Waals surface area (Å²) in [4.78, 5) is 0. The van der Waals surface area contributed by atoms with Gasteiger partial charge >= 0.3 is 0 Å². The summed E-state index contributed by atoms with van der Waals surface area (Å²) in [7, 11) is 0. The Bertz CT molecular complexity index is 257. The van der Waals surface area contributed by atoms with Crippen LogP contribution in [0.25, 0.3) is 0 Å². The molecule has 0 aromatic rings. The molecule has 2 saturated carbocycles. The Hall–Kier alpha value is 0.270. The first-order valence-electron chi connectivity index (χ1n) is 6.98. The lowest BCUT2D eigenvalue weighted by molar-refractivity contribution is -0.116. The third kappa shape index (κ3) is 2.82. The van der Waals surface area contributed by atoms with E-state index in [1.54, 1.807) is 0 Å². The molecule has 1 N–H and O–H groups in total. The molecular formula is C14H27NOS. The Labute approximate surface area is 110 Å². The van der Waals surface area contributed by atoms with Crippen LogP contribution in [0.15, 0.2) is 0 Å². The van der Waals surface area contributed by atoms with Crippen molar-refractivity contribution in [3.05, 3.63) is 0 Å². The van der Waals surface area contributed by atoms with Crippen LogP contribution in [-0.4, -0.2) is 36.3 Å². The van der Waals surface area contributed by atoms with Crippen LogP contribution in [-0.2, 0) is 4.74 Å². The molecule has 2 aliphatic carbocycles. The third-order valence-corrected chi connectivity index (χ3v) is 5.80. The molecule has 0 bridgehead atoms. The molecule has 4 atom stereocenters. The van der Waals surface area contributed by atoms with Crippen molar-refractivity contribution in [2.45, 2.75) is 69.9 Å². The van der Waals surface area contributed by atoms with Gasteiger partial charge in [-0.25, -0.2) is 0 Å². The molecule has 2 nitrogen and oxygen atoms in total. The number of nitrogens with one attached hydrogen (secondary N) is 1. The van der Waals surface area contributed by atoms with Gasteiger partial charge in [0, 0.05) is 29.4 Å². The first-order valence-corrected chi connectivity index (χ1v) is 8.27. The van der Waals surface area contributed by atoms with Crippen LogP contribution in [0.2, 0.25) is 0 Å². The van der Waals surface area contributed by atoms with Crippen molar-refractivity contribution >= 4 is 11.8 Å². The van der Waals surface area contributed by atoms with Crippen molar-refractivity contribution in [3.8, 4) is 0 Å². The highest BCUT2D eigenvalue weighted by atomic mass is 32.2. The molecule has 17 heavy (non-hydrogen) atoms. The van der Waals surface area contributed by atoms with Crippen LogP contribution in [0, 0.1) is 5.41 Å². The van der Waals surface area contributed by atoms with Crippen LogP contribution >= 0.6 is 11.8 Å². The molecule has 0 aliphatic heterocycles. The van der Waals surface area contributed by atoms with Gasteiger partial charge in [-0.15, -0.1) is 0 Å². The molecule has 4 unspecified atom stereocenters. The molecule has 2 fully saturated rings. The average molecular weight is 257 g/mol. The summed E-state index contributed by atoms with van der Waals surface area (Å²) in [6, 6.07) is 1.41. The highest BCUT2D eigenvalue weighted by Gasteiger charge is 2.49. The van der Waals surface area contributed by atoms with E-state index in [-0.39, 0.29) is 0 Å². The summed E-state index contributed by atoms with van der Waals surface area (Å²) >= 11 is 2.03. The number of ether oxygens (including phenoxy) is 1. The van der Waals surface area contributed by atoms with E-state index in [0.29, 0.717) is 17.6 Å². The van der Waals surface area contributed by atoms with E-state index in [2.05, 4.69) is 32.3 Å². The largest absolute Gasteiger partial charge is 0.378 e. The van der Waals surface area contributed by atoms with Crippen LogP contribution in [0.1, 0.15) is 46.5 Å². The predicted molar refractivity (Wildman–Crippen MR) is 75.7 cm³/mol. The van der Waals surface area contributed by atoms with Gasteiger partial charge in [0.15, 0.2) is 0 Å². The van der Waals surface area contributed by atoms with Crippen molar-refractivity contribution in [3.63, 3.8) is 0 Å². The lowest BCUT2D eigenvalue weighted by Crippen LogP contribution is -2.62.